The third-order valence-corrected chi connectivity index (χ3v) is 8.13. The second kappa shape index (κ2) is 8.35. The van der Waals surface area contributed by atoms with Gasteiger partial charge in [0, 0.05) is 26.8 Å². The van der Waals surface area contributed by atoms with Gasteiger partial charge in [-0.1, -0.05) is 68.3 Å². The minimum absolute atomic E-state index is 0.0575. The molecule has 2 fully saturated rings. The number of imide groups is 1. The zero-order chi connectivity index (χ0) is 24.4. The number of benzene rings is 3. The lowest BCUT2D eigenvalue weighted by molar-refractivity contribution is -0.122. The van der Waals surface area contributed by atoms with Crippen molar-refractivity contribution in [2.45, 2.75) is 0 Å². The van der Waals surface area contributed by atoms with Crippen molar-refractivity contribution in [2.75, 3.05) is 4.90 Å². The molecule has 2 aliphatic carbocycles. The number of anilines is 1. The Hall–Kier alpha value is -2.90. The van der Waals surface area contributed by atoms with E-state index >= 15 is 0 Å². The van der Waals surface area contributed by atoms with Gasteiger partial charge in [-0.15, -0.1) is 0 Å². The first kappa shape index (κ1) is 22.6. The molecule has 0 unspecified atom stereocenters. The number of fused-ring (bicyclic) bond motifs is 5. The minimum Gasteiger partial charge on any atom is -0.274 e. The van der Waals surface area contributed by atoms with E-state index in [0.29, 0.717) is 0 Å². The van der Waals surface area contributed by atoms with E-state index < -0.39 is 35.3 Å². The van der Waals surface area contributed by atoms with Crippen molar-refractivity contribution in [3.8, 4) is 0 Å². The van der Waals surface area contributed by atoms with Crippen LogP contribution in [0.4, 0.5) is 14.5 Å². The Labute approximate surface area is 217 Å². The van der Waals surface area contributed by atoms with Gasteiger partial charge in [0.15, 0.2) is 0 Å². The van der Waals surface area contributed by atoms with E-state index in [2.05, 4.69) is 31.9 Å². The molecule has 6 rings (SSSR count). The predicted octanol–water partition coefficient (Wildman–Crippen LogP) is 6.91. The molecule has 1 aliphatic heterocycles. The van der Waals surface area contributed by atoms with E-state index in [1.165, 1.54) is 0 Å². The summed E-state index contributed by atoms with van der Waals surface area (Å²) in [6.45, 7) is 0. The second-order valence-electron chi connectivity index (χ2n) is 8.97. The smallest absolute Gasteiger partial charge is 0.238 e. The van der Waals surface area contributed by atoms with E-state index in [1.807, 2.05) is 60.7 Å². The number of nitrogens with zero attached hydrogens (tertiary/aromatic N) is 1. The average molecular weight is 597 g/mol. The maximum absolute atomic E-state index is 13.9. The van der Waals surface area contributed by atoms with E-state index in [4.69, 9.17) is 0 Å². The van der Waals surface area contributed by atoms with Crippen LogP contribution in [0.15, 0.2) is 93.4 Å². The molecule has 7 heteroatoms. The summed E-state index contributed by atoms with van der Waals surface area (Å²) in [6, 6.07) is 18.7. The highest BCUT2D eigenvalue weighted by molar-refractivity contribution is 9.10. The first-order valence-corrected chi connectivity index (χ1v) is 12.7. The lowest BCUT2D eigenvalue weighted by atomic mass is 9.85. The number of carbonyl (C=O) groups is 2. The number of hydrogen-bond acceptors (Lipinski definition) is 2. The third-order valence-electron chi connectivity index (χ3n) is 7.08. The number of carbonyl (C=O) groups excluding carboxylic acids is 2. The van der Waals surface area contributed by atoms with Crippen molar-refractivity contribution in [2.24, 2.45) is 23.7 Å². The quantitative estimate of drug-likeness (QED) is 0.243. The van der Waals surface area contributed by atoms with Crippen molar-refractivity contribution in [3.63, 3.8) is 0 Å². The summed E-state index contributed by atoms with van der Waals surface area (Å²) >= 11 is 6.98. The fourth-order valence-electron chi connectivity index (χ4n) is 5.75. The number of allylic oxidation sites excluding steroid dienone is 3. The zero-order valence-corrected chi connectivity index (χ0v) is 21.3. The highest BCUT2D eigenvalue weighted by Crippen LogP contribution is 2.59. The van der Waals surface area contributed by atoms with Crippen LogP contribution in [0.2, 0.25) is 0 Å². The van der Waals surface area contributed by atoms with Gasteiger partial charge in [0.25, 0.3) is 0 Å². The molecule has 3 nitrogen and oxygen atoms in total. The van der Waals surface area contributed by atoms with Gasteiger partial charge in [0.1, 0.15) is 11.6 Å². The van der Waals surface area contributed by atoms with E-state index in [0.717, 1.165) is 54.3 Å². The summed E-state index contributed by atoms with van der Waals surface area (Å²) in [5.41, 5.74) is 3.97. The summed E-state index contributed by atoms with van der Waals surface area (Å²) in [6.07, 6.45) is 4.00. The molecule has 1 saturated heterocycles. The molecule has 3 aromatic rings. The summed E-state index contributed by atoms with van der Waals surface area (Å²) in [4.78, 5) is 28.0. The highest BCUT2D eigenvalue weighted by Gasteiger charge is 2.62. The Morgan fingerprint density at radius 2 is 1.11 bits per heavy atom. The van der Waals surface area contributed by atoms with Crippen molar-refractivity contribution in [1.29, 1.82) is 0 Å². The molecule has 0 spiro atoms. The molecule has 0 radical (unpaired) electrons. The van der Waals surface area contributed by atoms with Crippen LogP contribution in [0.5, 0.6) is 0 Å². The Bertz CT molecular complexity index is 1350. The Balaban J connectivity index is 1.49. The summed E-state index contributed by atoms with van der Waals surface area (Å²) in [5.74, 6) is -4.21. The molecule has 174 valence electrons. The summed E-state index contributed by atoms with van der Waals surface area (Å²) in [7, 11) is 0. The summed E-state index contributed by atoms with van der Waals surface area (Å²) < 4.78 is 29.7. The van der Waals surface area contributed by atoms with Crippen LogP contribution in [0.3, 0.4) is 0 Å². The van der Waals surface area contributed by atoms with E-state index in [1.54, 1.807) is 0 Å². The number of hydrogen-bond donors (Lipinski definition) is 0. The van der Waals surface area contributed by atoms with Crippen LogP contribution in [-0.4, -0.2) is 11.8 Å². The van der Waals surface area contributed by atoms with Gasteiger partial charge in [0.05, 0.1) is 17.5 Å². The van der Waals surface area contributed by atoms with Crippen molar-refractivity contribution in [3.05, 3.63) is 116 Å². The second-order valence-corrected chi connectivity index (χ2v) is 10.8. The first-order chi connectivity index (χ1) is 16.8. The molecule has 1 heterocycles. The largest absolute Gasteiger partial charge is 0.274 e. The zero-order valence-electron chi connectivity index (χ0n) is 18.1. The van der Waals surface area contributed by atoms with Gasteiger partial charge in [-0.05, 0) is 58.7 Å². The minimum atomic E-state index is -0.827. The molecule has 3 aromatic carbocycles. The van der Waals surface area contributed by atoms with Crippen LogP contribution >= 0.6 is 31.9 Å². The number of amides is 2. The average Bonchev–Trinajstić information content (AvgIpc) is 3.45. The van der Waals surface area contributed by atoms with Gasteiger partial charge in [-0.25, -0.2) is 13.7 Å². The molecule has 2 bridgehead atoms. The van der Waals surface area contributed by atoms with E-state index in [-0.39, 0.29) is 17.5 Å². The Kier molecular flexibility index (Phi) is 5.38. The van der Waals surface area contributed by atoms with Gasteiger partial charge in [0.2, 0.25) is 11.8 Å². The van der Waals surface area contributed by atoms with Gasteiger partial charge in [-0.2, -0.15) is 0 Å². The molecule has 2 amide bonds. The van der Waals surface area contributed by atoms with Gasteiger partial charge >= 0.3 is 0 Å². The first-order valence-electron chi connectivity index (χ1n) is 11.1. The monoisotopic (exact) mass is 595 g/mol. The molecule has 1 saturated carbocycles. The SMILES string of the molecule is O=C1[C@H]2[C@H](C(=O)N1c1cc(F)cc(F)c1)[C@H]1C=C[C@@H]2C1=C(c1ccc(Br)cc1)c1ccc(Br)cc1. The van der Waals surface area contributed by atoms with Gasteiger partial charge < -0.3 is 0 Å². The maximum atomic E-state index is 13.9. The maximum Gasteiger partial charge on any atom is 0.238 e. The lowest BCUT2D eigenvalue weighted by Gasteiger charge is -2.22. The van der Waals surface area contributed by atoms with Crippen LogP contribution < -0.4 is 4.90 Å². The van der Waals surface area contributed by atoms with Crippen LogP contribution in [0, 0.1) is 35.3 Å². The van der Waals surface area contributed by atoms with Crippen molar-refractivity contribution < 1.29 is 18.4 Å². The fraction of sp³-hybridized carbons (Fsp3) is 0.143. The normalized spacial score (nSPS) is 24.5. The van der Waals surface area contributed by atoms with Crippen LogP contribution in [0.1, 0.15) is 11.1 Å². The molecule has 35 heavy (non-hydrogen) atoms. The number of halogens is 4. The van der Waals surface area contributed by atoms with Crippen LogP contribution in [-0.2, 0) is 9.59 Å². The molecule has 4 atom stereocenters. The molecule has 0 N–H and O–H groups in total. The third kappa shape index (κ3) is 3.55. The number of rotatable bonds is 3. The molecule has 3 aliphatic rings. The van der Waals surface area contributed by atoms with Crippen molar-refractivity contribution in [1.82, 2.24) is 0 Å². The predicted molar refractivity (Wildman–Crippen MR) is 136 cm³/mol. The fourth-order valence-corrected chi connectivity index (χ4v) is 6.28. The summed E-state index contributed by atoms with van der Waals surface area (Å²) in [5, 5.41) is 0. The molecular weight excluding hydrogens is 580 g/mol. The van der Waals surface area contributed by atoms with Crippen LogP contribution in [0.25, 0.3) is 5.57 Å². The highest BCUT2D eigenvalue weighted by atomic mass is 79.9. The Morgan fingerprint density at radius 1 is 0.686 bits per heavy atom. The van der Waals surface area contributed by atoms with Crippen molar-refractivity contribution >= 4 is 54.9 Å². The topological polar surface area (TPSA) is 37.4 Å². The standard InChI is InChI=1S/C28H17Br2F2NO2/c29-16-5-1-14(2-6-16)23(15-3-7-17(30)8-4-15)24-21-9-10-22(24)26-25(21)27(34)33(28(26)35)20-12-18(31)11-19(32)13-20/h1-13,21-22,25-26H/t21-,22+,25-,26-/m1/s1. The molecule has 0 aromatic heterocycles. The molecular formula is C28H17Br2F2NO2. The van der Waals surface area contributed by atoms with Gasteiger partial charge in [-0.3, -0.25) is 9.59 Å². The van der Waals surface area contributed by atoms with E-state index in [9.17, 15) is 18.4 Å². The lowest BCUT2D eigenvalue weighted by Crippen LogP contribution is -2.33. The Morgan fingerprint density at radius 3 is 1.54 bits per heavy atom.